The largest absolute Gasteiger partial charge is 0.465 e. The summed E-state index contributed by atoms with van der Waals surface area (Å²) < 4.78 is 9.98. The normalized spacial score (nSPS) is 10.8. The van der Waals surface area contributed by atoms with E-state index in [2.05, 4.69) is 6.58 Å². The zero-order valence-corrected chi connectivity index (χ0v) is 11.0. The van der Waals surface area contributed by atoms with Gasteiger partial charge in [0.1, 0.15) is 0 Å². The lowest BCUT2D eigenvalue weighted by Gasteiger charge is -2.27. The highest BCUT2D eigenvalue weighted by atomic mass is 16.6. The fraction of sp³-hybridized carbons (Fsp3) is 0.692. The topological polar surface area (TPSA) is 52.6 Å². The summed E-state index contributed by atoms with van der Waals surface area (Å²) >= 11 is 0. The molecule has 4 nitrogen and oxygen atoms in total. The Hall–Kier alpha value is -1.32. The van der Waals surface area contributed by atoms with Gasteiger partial charge in [-0.15, -0.1) is 6.58 Å². The second-order valence-corrected chi connectivity index (χ2v) is 3.70. The molecular weight excluding hydrogens is 220 g/mol. The summed E-state index contributed by atoms with van der Waals surface area (Å²) in [6.45, 7) is 9.35. The molecule has 0 radical (unpaired) electrons. The molecule has 0 aliphatic rings. The number of allylic oxidation sites excluding steroid dienone is 1. The molecular formula is C13H22O4. The smallest absolute Gasteiger partial charge is 0.323 e. The molecule has 17 heavy (non-hydrogen) atoms. The molecule has 0 rings (SSSR count). The van der Waals surface area contributed by atoms with Gasteiger partial charge in [-0.25, -0.2) is 0 Å². The highest BCUT2D eigenvalue weighted by Gasteiger charge is 2.46. The molecule has 0 saturated heterocycles. The van der Waals surface area contributed by atoms with Crippen LogP contribution in [0.1, 0.15) is 40.0 Å². The number of hydrogen-bond donors (Lipinski definition) is 0. The predicted molar refractivity (Wildman–Crippen MR) is 65.4 cm³/mol. The minimum absolute atomic E-state index is 0.258. The molecule has 0 aliphatic heterocycles. The molecule has 0 fully saturated rings. The Bertz CT molecular complexity index is 253. The molecule has 0 spiro atoms. The third-order valence-electron chi connectivity index (χ3n) is 2.71. The summed E-state index contributed by atoms with van der Waals surface area (Å²) in [5.74, 6) is -0.995. The lowest BCUT2D eigenvalue weighted by molar-refractivity contribution is -0.173. The quantitative estimate of drug-likeness (QED) is 0.373. The molecule has 0 heterocycles. The summed E-state index contributed by atoms with van der Waals surface area (Å²) in [5, 5.41) is 0. The minimum atomic E-state index is -1.18. The van der Waals surface area contributed by atoms with Gasteiger partial charge < -0.3 is 9.47 Å². The third kappa shape index (κ3) is 3.88. The van der Waals surface area contributed by atoms with E-state index in [4.69, 9.17) is 9.47 Å². The van der Waals surface area contributed by atoms with Crippen LogP contribution in [0, 0.1) is 5.41 Å². The number of esters is 2. The predicted octanol–water partition coefficient (Wildman–Crippen LogP) is 2.48. The summed E-state index contributed by atoms with van der Waals surface area (Å²) in [7, 11) is 0. The first-order valence-electron chi connectivity index (χ1n) is 6.04. The number of carbonyl (C=O) groups is 2. The van der Waals surface area contributed by atoms with Crippen LogP contribution < -0.4 is 0 Å². The zero-order chi connectivity index (χ0) is 13.3. The van der Waals surface area contributed by atoms with Crippen molar-refractivity contribution in [3.63, 3.8) is 0 Å². The van der Waals surface area contributed by atoms with Gasteiger partial charge >= 0.3 is 11.9 Å². The summed E-state index contributed by atoms with van der Waals surface area (Å²) in [4.78, 5) is 23.9. The van der Waals surface area contributed by atoms with E-state index in [1.54, 1.807) is 26.8 Å². The van der Waals surface area contributed by atoms with Crippen molar-refractivity contribution >= 4 is 11.9 Å². The molecule has 0 atom stereocenters. The fourth-order valence-electron chi connectivity index (χ4n) is 1.64. The maximum atomic E-state index is 12.0. The van der Waals surface area contributed by atoms with Crippen LogP contribution >= 0.6 is 0 Å². The van der Waals surface area contributed by atoms with Crippen LogP contribution in [-0.2, 0) is 19.1 Å². The maximum absolute atomic E-state index is 12.0. The lowest BCUT2D eigenvalue weighted by Crippen LogP contribution is -2.41. The first-order valence-corrected chi connectivity index (χ1v) is 6.04. The van der Waals surface area contributed by atoms with Gasteiger partial charge in [0.25, 0.3) is 0 Å². The molecule has 4 heteroatoms. The number of carbonyl (C=O) groups excluding carboxylic acids is 2. The van der Waals surface area contributed by atoms with Crippen LogP contribution in [0.5, 0.6) is 0 Å². The molecule has 0 aromatic rings. The first kappa shape index (κ1) is 15.7. The average Bonchev–Trinajstić information content (AvgIpc) is 2.31. The second kappa shape index (κ2) is 7.87. The lowest BCUT2D eigenvalue weighted by atomic mass is 9.80. The molecule has 0 bridgehead atoms. The third-order valence-corrected chi connectivity index (χ3v) is 2.71. The Morgan fingerprint density at radius 1 is 1.12 bits per heavy atom. The maximum Gasteiger partial charge on any atom is 0.323 e. The standard InChI is InChI=1S/C13H22O4/c1-5-9-10-13(6-2,11(14)16-7-3)12(15)17-8-4/h5H,1,6-10H2,2-4H3. The molecule has 0 unspecified atom stereocenters. The molecule has 98 valence electrons. The van der Waals surface area contributed by atoms with Gasteiger partial charge in [0, 0.05) is 0 Å². The molecule has 0 aromatic carbocycles. The Balaban J connectivity index is 5.04. The molecule has 0 saturated carbocycles. The van der Waals surface area contributed by atoms with Gasteiger partial charge in [-0.1, -0.05) is 13.0 Å². The zero-order valence-electron chi connectivity index (χ0n) is 11.0. The van der Waals surface area contributed by atoms with E-state index in [1.165, 1.54) is 0 Å². The van der Waals surface area contributed by atoms with Crippen LogP contribution in [0.25, 0.3) is 0 Å². The van der Waals surface area contributed by atoms with Crippen LogP contribution in [-0.4, -0.2) is 25.2 Å². The number of rotatable bonds is 8. The van der Waals surface area contributed by atoms with Crippen LogP contribution in [0.3, 0.4) is 0 Å². The van der Waals surface area contributed by atoms with Crippen molar-refractivity contribution in [1.82, 2.24) is 0 Å². The van der Waals surface area contributed by atoms with E-state index in [1.807, 2.05) is 0 Å². The Morgan fingerprint density at radius 3 is 1.88 bits per heavy atom. The highest BCUT2D eigenvalue weighted by Crippen LogP contribution is 2.32. The first-order chi connectivity index (χ1) is 8.08. The summed E-state index contributed by atoms with van der Waals surface area (Å²) in [6.07, 6.45) is 3.01. The molecule has 0 aliphatic carbocycles. The van der Waals surface area contributed by atoms with Crippen molar-refractivity contribution in [1.29, 1.82) is 0 Å². The van der Waals surface area contributed by atoms with Gasteiger partial charge in [-0.3, -0.25) is 9.59 Å². The van der Waals surface area contributed by atoms with E-state index >= 15 is 0 Å². The SMILES string of the molecule is C=CCCC(CC)(C(=O)OCC)C(=O)OCC. The van der Waals surface area contributed by atoms with Crippen LogP contribution in [0.4, 0.5) is 0 Å². The van der Waals surface area contributed by atoms with Crippen LogP contribution in [0.15, 0.2) is 12.7 Å². The van der Waals surface area contributed by atoms with E-state index < -0.39 is 17.4 Å². The van der Waals surface area contributed by atoms with Gasteiger partial charge in [-0.05, 0) is 33.1 Å². The van der Waals surface area contributed by atoms with Crippen molar-refractivity contribution in [2.75, 3.05) is 13.2 Å². The molecule has 0 aromatic heterocycles. The van der Waals surface area contributed by atoms with E-state index in [0.29, 0.717) is 19.3 Å². The Morgan fingerprint density at radius 2 is 1.59 bits per heavy atom. The average molecular weight is 242 g/mol. The number of hydrogen-bond acceptors (Lipinski definition) is 4. The summed E-state index contributed by atoms with van der Waals surface area (Å²) in [6, 6.07) is 0. The van der Waals surface area contributed by atoms with Gasteiger partial charge in [0.2, 0.25) is 0 Å². The van der Waals surface area contributed by atoms with Gasteiger partial charge in [-0.2, -0.15) is 0 Å². The monoisotopic (exact) mass is 242 g/mol. The Labute approximate surface area is 103 Å². The highest BCUT2D eigenvalue weighted by molar-refractivity contribution is 6.00. The van der Waals surface area contributed by atoms with E-state index in [-0.39, 0.29) is 13.2 Å². The molecule has 0 N–H and O–H groups in total. The fourth-order valence-corrected chi connectivity index (χ4v) is 1.64. The van der Waals surface area contributed by atoms with Gasteiger partial charge in [0.15, 0.2) is 5.41 Å². The summed E-state index contributed by atoms with van der Waals surface area (Å²) in [5.41, 5.74) is -1.18. The van der Waals surface area contributed by atoms with Gasteiger partial charge in [0.05, 0.1) is 13.2 Å². The van der Waals surface area contributed by atoms with Crippen molar-refractivity contribution in [3.05, 3.63) is 12.7 Å². The van der Waals surface area contributed by atoms with Crippen molar-refractivity contribution in [2.24, 2.45) is 5.41 Å². The van der Waals surface area contributed by atoms with Crippen molar-refractivity contribution < 1.29 is 19.1 Å². The minimum Gasteiger partial charge on any atom is -0.465 e. The van der Waals surface area contributed by atoms with E-state index in [9.17, 15) is 9.59 Å². The second-order valence-electron chi connectivity index (χ2n) is 3.70. The van der Waals surface area contributed by atoms with E-state index in [0.717, 1.165) is 0 Å². The van der Waals surface area contributed by atoms with Crippen LogP contribution in [0.2, 0.25) is 0 Å². The molecule has 0 amide bonds. The van der Waals surface area contributed by atoms with Crippen molar-refractivity contribution in [3.8, 4) is 0 Å². The number of ether oxygens (including phenoxy) is 2. The Kier molecular flexibility index (Phi) is 7.26. The van der Waals surface area contributed by atoms with Crippen molar-refractivity contribution in [2.45, 2.75) is 40.0 Å².